The Labute approximate surface area is 180 Å². The second-order valence-electron chi connectivity index (χ2n) is 9.34. The number of amides is 2. The summed E-state index contributed by atoms with van der Waals surface area (Å²) in [4.78, 5) is 29.1. The lowest BCUT2D eigenvalue weighted by Gasteiger charge is -2.35. The third kappa shape index (κ3) is 6.29. The van der Waals surface area contributed by atoms with E-state index in [4.69, 9.17) is 4.74 Å². The van der Waals surface area contributed by atoms with E-state index in [0.29, 0.717) is 13.0 Å². The lowest BCUT2D eigenvalue weighted by molar-refractivity contribution is -0.142. The van der Waals surface area contributed by atoms with E-state index in [1.165, 1.54) is 5.56 Å². The summed E-state index contributed by atoms with van der Waals surface area (Å²) in [5.41, 5.74) is 1.31. The van der Waals surface area contributed by atoms with Crippen molar-refractivity contribution >= 4 is 11.8 Å². The van der Waals surface area contributed by atoms with E-state index >= 15 is 0 Å². The van der Waals surface area contributed by atoms with Gasteiger partial charge in [0.05, 0.1) is 0 Å². The molecule has 2 aliphatic heterocycles. The predicted molar refractivity (Wildman–Crippen MR) is 118 cm³/mol. The topological polar surface area (TPSA) is 61.9 Å². The van der Waals surface area contributed by atoms with Crippen LogP contribution in [0.4, 0.5) is 0 Å². The van der Waals surface area contributed by atoms with Crippen LogP contribution in [-0.2, 0) is 19.7 Å². The number of benzene rings is 1. The first kappa shape index (κ1) is 22.8. The highest BCUT2D eigenvalue weighted by Gasteiger charge is 2.30. The molecule has 0 aromatic heterocycles. The van der Waals surface area contributed by atoms with Crippen LogP contribution in [0.2, 0.25) is 0 Å². The molecule has 0 saturated carbocycles. The van der Waals surface area contributed by atoms with Gasteiger partial charge in [0.15, 0.2) is 0 Å². The molecule has 3 rings (SSSR count). The zero-order valence-electron chi connectivity index (χ0n) is 18.7. The maximum absolute atomic E-state index is 12.4. The fraction of sp³-hybridized carbons (Fsp3) is 0.667. The lowest BCUT2D eigenvalue weighted by Crippen LogP contribution is -2.51. The fourth-order valence-electron chi connectivity index (χ4n) is 4.60. The second kappa shape index (κ2) is 10.4. The lowest BCUT2D eigenvalue weighted by atomic mass is 9.79. The second-order valence-corrected chi connectivity index (χ2v) is 9.34. The Morgan fingerprint density at radius 3 is 2.50 bits per heavy atom. The number of carbonyl (C=O) groups excluding carboxylic acids is 2. The molecule has 2 amide bonds. The van der Waals surface area contributed by atoms with Crippen molar-refractivity contribution in [2.24, 2.45) is 0 Å². The number of nitrogens with one attached hydrogen (secondary N) is 1. The molecular formula is C24H37N3O3. The third-order valence-corrected chi connectivity index (χ3v) is 6.32. The molecular weight excluding hydrogens is 378 g/mol. The Bertz CT molecular complexity index is 693. The van der Waals surface area contributed by atoms with Crippen molar-refractivity contribution in [3.05, 3.63) is 35.9 Å². The molecule has 2 fully saturated rings. The smallest absolute Gasteiger partial charge is 0.251 e. The number of hydrogen-bond donors (Lipinski definition) is 1. The molecule has 2 heterocycles. The van der Waals surface area contributed by atoms with Crippen molar-refractivity contribution < 1.29 is 14.3 Å². The van der Waals surface area contributed by atoms with Gasteiger partial charge in [-0.15, -0.1) is 0 Å². The van der Waals surface area contributed by atoms with Crippen LogP contribution in [0.5, 0.6) is 0 Å². The van der Waals surface area contributed by atoms with Gasteiger partial charge in [-0.1, -0.05) is 44.2 Å². The summed E-state index contributed by atoms with van der Waals surface area (Å²) in [5, 5.41) is 3.16. The van der Waals surface area contributed by atoms with E-state index in [-0.39, 0.29) is 29.4 Å². The van der Waals surface area contributed by atoms with Crippen LogP contribution in [0, 0.1) is 0 Å². The van der Waals surface area contributed by atoms with E-state index < -0.39 is 0 Å². The zero-order valence-corrected chi connectivity index (χ0v) is 18.7. The maximum atomic E-state index is 12.4. The van der Waals surface area contributed by atoms with Crippen molar-refractivity contribution in [1.29, 1.82) is 0 Å². The number of piperazine rings is 1. The van der Waals surface area contributed by atoms with Crippen LogP contribution >= 0.6 is 0 Å². The number of rotatable bonds is 8. The molecule has 6 heteroatoms. The summed E-state index contributed by atoms with van der Waals surface area (Å²) in [7, 11) is 0. The van der Waals surface area contributed by atoms with Crippen LogP contribution in [0.25, 0.3) is 0 Å². The molecule has 0 radical (unpaired) electrons. The van der Waals surface area contributed by atoms with Gasteiger partial charge in [0.25, 0.3) is 5.91 Å². The van der Waals surface area contributed by atoms with E-state index in [1.807, 2.05) is 11.0 Å². The Morgan fingerprint density at radius 1 is 1.17 bits per heavy atom. The molecule has 166 valence electrons. The first-order valence-corrected chi connectivity index (χ1v) is 11.3. The first-order valence-electron chi connectivity index (χ1n) is 11.3. The van der Waals surface area contributed by atoms with Gasteiger partial charge in [0.1, 0.15) is 6.10 Å². The molecule has 0 spiro atoms. The van der Waals surface area contributed by atoms with Crippen LogP contribution in [0.3, 0.4) is 0 Å². The molecule has 1 N–H and O–H groups in total. The van der Waals surface area contributed by atoms with Gasteiger partial charge in [-0.05, 0) is 37.2 Å². The molecule has 0 unspecified atom stereocenters. The van der Waals surface area contributed by atoms with Crippen LogP contribution in [-0.4, -0.2) is 73.1 Å². The number of nitrogens with zero attached hydrogens (tertiary/aromatic N) is 2. The Balaban J connectivity index is 1.35. The van der Waals surface area contributed by atoms with E-state index in [0.717, 1.165) is 52.0 Å². The molecule has 0 aliphatic carbocycles. The van der Waals surface area contributed by atoms with Crippen LogP contribution in [0.1, 0.15) is 52.0 Å². The minimum absolute atomic E-state index is 0.0137. The Kier molecular flexibility index (Phi) is 7.89. The standard InChI is InChI=1S/C24H37N3O3/c1-19(18-24(2,3)20-8-5-4-6-9-20)25-22(28)11-12-26-13-15-27(16-14-26)23(29)21-10-7-17-30-21/h4-6,8-9,19,21H,7,10-18H2,1-3H3,(H,25,28)/t19-,21+/m0/s1. The van der Waals surface area contributed by atoms with Crippen molar-refractivity contribution in [2.75, 3.05) is 39.3 Å². The average molecular weight is 416 g/mol. The molecule has 2 aliphatic rings. The summed E-state index contributed by atoms with van der Waals surface area (Å²) in [5.74, 6) is 0.240. The predicted octanol–water partition coefficient (Wildman–Crippen LogP) is 2.57. The maximum Gasteiger partial charge on any atom is 0.251 e. The van der Waals surface area contributed by atoms with E-state index in [2.05, 4.69) is 55.3 Å². The minimum Gasteiger partial charge on any atom is -0.368 e. The molecule has 0 bridgehead atoms. The molecule has 1 aromatic carbocycles. The van der Waals surface area contributed by atoms with Crippen molar-refractivity contribution in [2.45, 2.75) is 64.0 Å². The van der Waals surface area contributed by atoms with Gasteiger partial charge in [-0.3, -0.25) is 14.5 Å². The fourth-order valence-corrected chi connectivity index (χ4v) is 4.60. The van der Waals surface area contributed by atoms with Crippen molar-refractivity contribution in [1.82, 2.24) is 15.1 Å². The van der Waals surface area contributed by atoms with Gasteiger partial charge in [0.2, 0.25) is 5.91 Å². The van der Waals surface area contributed by atoms with Crippen LogP contribution < -0.4 is 5.32 Å². The molecule has 6 nitrogen and oxygen atoms in total. The number of carbonyl (C=O) groups is 2. The van der Waals surface area contributed by atoms with Crippen molar-refractivity contribution in [3.63, 3.8) is 0 Å². The first-order chi connectivity index (χ1) is 14.3. The monoisotopic (exact) mass is 415 g/mol. The number of hydrogen-bond acceptors (Lipinski definition) is 4. The molecule has 2 saturated heterocycles. The SMILES string of the molecule is C[C@@H](CC(C)(C)c1ccccc1)NC(=O)CCN1CCN(C(=O)[C@H]2CCCO2)CC1. The zero-order chi connectivity index (χ0) is 21.6. The highest BCUT2D eigenvalue weighted by atomic mass is 16.5. The van der Waals surface area contributed by atoms with Crippen LogP contribution in [0.15, 0.2) is 30.3 Å². The van der Waals surface area contributed by atoms with Gasteiger partial charge in [0, 0.05) is 51.8 Å². The van der Waals surface area contributed by atoms with Gasteiger partial charge >= 0.3 is 0 Å². The Morgan fingerprint density at radius 2 is 1.87 bits per heavy atom. The quantitative estimate of drug-likeness (QED) is 0.709. The molecule has 2 atom stereocenters. The largest absolute Gasteiger partial charge is 0.368 e. The van der Waals surface area contributed by atoms with Gasteiger partial charge in [-0.25, -0.2) is 0 Å². The van der Waals surface area contributed by atoms with E-state index in [1.54, 1.807) is 0 Å². The summed E-state index contributed by atoms with van der Waals surface area (Å²) in [6.45, 7) is 11.1. The molecule has 30 heavy (non-hydrogen) atoms. The normalized spacial score (nSPS) is 21.4. The average Bonchev–Trinajstić information content (AvgIpc) is 3.27. The highest BCUT2D eigenvalue weighted by molar-refractivity contribution is 5.81. The summed E-state index contributed by atoms with van der Waals surface area (Å²) in [6, 6.07) is 10.6. The summed E-state index contributed by atoms with van der Waals surface area (Å²) >= 11 is 0. The minimum atomic E-state index is -0.232. The summed E-state index contributed by atoms with van der Waals surface area (Å²) in [6.07, 6.45) is 2.98. The molecule has 1 aromatic rings. The Hall–Kier alpha value is -1.92. The number of ether oxygens (including phenoxy) is 1. The third-order valence-electron chi connectivity index (χ3n) is 6.32. The summed E-state index contributed by atoms with van der Waals surface area (Å²) < 4.78 is 5.52. The van der Waals surface area contributed by atoms with E-state index in [9.17, 15) is 9.59 Å². The van der Waals surface area contributed by atoms with Gasteiger partial charge < -0.3 is 15.0 Å². The van der Waals surface area contributed by atoms with Gasteiger partial charge in [-0.2, -0.15) is 0 Å². The highest BCUT2D eigenvalue weighted by Crippen LogP contribution is 2.28. The van der Waals surface area contributed by atoms with Crippen molar-refractivity contribution in [3.8, 4) is 0 Å².